The number of nitrogens with one attached hydrogen (secondary N) is 1. The van der Waals surface area contributed by atoms with Crippen molar-refractivity contribution in [2.24, 2.45) is 11.5 Å². The second-order valence-corrected chi connectivity index (χ2v) is 4.19. The molecule has 0 saturated heterocycles. The van der Waals surface area contributed by atoms with E-state index < -0.39 is 11.9 Å². The van der Waals surface area contributed by atoms with E-state index in [0.717, 1.165) is 10.2 Å². The predicted octanol–water partition coefficient (Wildman–Crippen LogP) is 0.682. The van der Waals surface area contributed by atoms with E-state index in [1.807, 2.05) is 12.1 Å². The van der Waals surface area contributed by atoms with E-state index in [0.29, 0.717) is 5.75 Å². The van der Waals surface area contributed by atoms with E-state index >= 15 is 0 Å². The summed E-state index contributed by atoms with van der Waals surface area (Å²) in [6.45, 7) is 0.287. The van der Waals surface area contributed by atoms with Crippen molar-refractivity contribution in [2.45, 2.75) is 6.04 Å². The molecule has 0 aliphatic heterocycles. The molecule has 0 bridgehead atoms. The van der Waals surface area contributed by atoms with E-state index in [-0.39, 0.29) is 6.54 Å². The smallest absolute Gasteiger partial charge is 0.236 e. The summed E-state index contributed by atoms with van der Waals surface area (Å²) >= 11 is 3.35. The summed E-state index contributed by atoms with van der Waals surface area (Å²) in [4.78, 5) is 10.7. The number of anilines is 1. The first-order valence-corrected chi connectivity index (χ1v) is 5.45. The van der Waals surface area contributed by atoms with Crippen LogP contribution >= 0.6 is 15.9 Å². The standard InChI is InChI=1S/C10H14BrN3O2/c1-16-8-3-6(11)2-7(4-8)14-5-9(12)10(13)15/h2-4,9,14H,5,12H2,1H3,(H2,13,15). The number of carbonyl (C=O) groups is 1. The molecule has 5 N–H and O–H groups in total. The van der Waals surface area contributed by atoms with Gasteiger partial charge in [0.25, 0.3) is 0 Å². The number of benzene rings is 1. The molecule has 0 aromatic heterocycles. The first-order valence-electron chi connectivity index (χ1n) is 4.66. The fourth-order valence-electron chi connectivity index (χ4n) is 1.11. The van der Waals surface area contributed by atoms with Crippen molar-refractivity contribution in [3.8, 4) is 5.75 Å². The topological polar surface area (TPSA) is 90.4 Å². The SMILES string of the molecule is COc1cc(Br)cc(NCC(N)C(N)=O)c1. The minimum absolute atomic E-state index is 0.287. The quantitative estimate of drug-likeness (QED) is 0.743. The molecule has 88 valence electrons. The number of halogens is 1. The van der Waals surface area contributed by atoms with E-state index in [4.69, 9.17) is 16.2 Å². The van der Waals surface area contributed by atoms with Gasteiger partial charge in [-0.2, -0.15) is 0 Å². The Bertz CT molecular complexity index is 384. The van der Waals surface area contributed by atoms with Crippen LogP contribution < -0.4 is 21.5 Å². The minimum Gasteiger partial charge on any atom is -0.497 e. The van der Waals surface area contributed by atoms with Gasteiger partial charge in [-0.15, -0.1) is 0 Å². The Morgan fingerprint density at radius 3 is 2.81 bits per heavy atom. The molecule has 0 fully saturated rings. The summed E-state index contributed by atoms with van der Waals surface area (Å²) in [7, 11) is 1.58. The van der Waals surface area contributed by atoms with Crippen molar-refractivity contribution in [3.63, 3.8) is 0 Å². The lowest BCUT2D eigenvalue weighted by Crippen LogP contribution is -2.41. The highest BCUT2D eigenvalue weighted by atomic mass is 79.9. The average molecular weight is 288 g/mol. The highest BCUT2D eigenvalue weighted by molar-refractivity contribution is 9.10. The highest BCUT2D eigenvalue weighted by Gasteiger charge is 2.08. The summed E-state index contributed by atoms with van der Waals surface area (Å²) in [5.74, 6) is 0.180. The molecule has 0 radical (unpaired) electrons. The molecule has 0 aliphatic rings. The lowest BCUT2D eigenvalue weighted by Gasteiger charge is -2.11. The summed E-state index contributed by atoms with van der Waals surface area (Å²) in [5.41, 5.74) is 11.3. The third-order valence-corrected chi connectivity index (χ3v) is 2.46. The normalized spacial score (nSPS) is 11.9. The van der Waals surface area contributed by atoms with Gasteiger partial charge in [0.15, 0.2) is 0 Å². The van der Waals surface area contributed by atoms with E-state index in [2.05, 4.69) is 21.2 Å². The number of carbonyl (C=O) groups excluding carboxylic acids is 1. The van der Waals surface area contributed by atoms with Crippen LogP contribution in [0.25, 0.3) is 0 Å². The maximum absolute atomic E-state index is 10.7. The van der Waals surface area contributed by atoms with Crippen LogP contribution in [-0.2, 0) is 4.79 Å². The third kappa shape index (κ3) is 3.71. The van der Waals surface area contributed by atoms with Crippen molar-refractivity contribution in [2.75, 3.05) is 19.0 Å². The summed E-state index contributed by atoms with van der Waals surface area (Å²) in [6, 6.07) is 4.79. The fourth-order valence-corrected chi connectivity index (χ4v) is 1.58. The number of hydrogen-bond acceptors (Lipinski definition) is 4. The van der Waals surface area contributed by atoms with Crippen LogP contribution in [0, 0.1) is 0 Å². The van der Waals surface area contributed by atoms with Crippen LogP contribution in [0.15, 0.2) is 22.7 Å². The molecule has 0 heterocycles. The van der Waals surface area contributed by atoms with Gasteiger partial charge < -0.3 is 21.5 Å². The summed E-state index contributed by atoms with van der Waals surface area (Å²) < 4.78 is 5.97. The fraction of sp³-hybridized carbons (Fsp3) is 0.300. The lowest BCUT2D eigenvalue weighted by atomic mass is 10.2. The Labute approximate surface area is 102 Å². The maximum Gasteiger partial charge on any atom is 0.236 e. The number of nitrogens with two attached hydrogens (primary N) is 2. The number of methoxy groups -OCH3 is 1. The van der Waals surface area contributed by atoms with Crippen molar-refractivity contribution >= 4 is 27.5 Å². The number of amides is 1. The Morgan fingerprint density at radius 2 is 2.25 bits per heavy atom. The first-order chi connectivity index (χ1) is 7.52. The van der Waals surface area contributed by atoms with Crippen molar-refractivity contribution in [1.82, 2.24) is 0 Å². The van der Waals surface area contributed by atoms with Gasteiger partial charge in [0.05, 0.1) is 7.11 Å². The maximum atomic E-state index is 10.7. The zero-order valence-electron chi connectivity index (χ0n) is 8.87. The van der Waals surface area contributed by atoms with E-state index in [9.17, 15) is 4.79 Å². The van der Waals surface area contributed by atoms with Gasteiger partial charge >= 0.3 is 0 Å². The van der Waals surface area contributed by atoms with E-state index in [1.54, 1.807) is 13.2 Å². The van der Waals surface area contributed by atoms with Gasteiger partial charge in [0.1, 0.15) is 11.8 Å². The molecule has 6 heteroatoms. The van der Waals surface area contributed by atoms with Gasteiger partial charge in [-0.25, -0.2) is 0 Å². The van der Waals surface area contributed by atoms with Gasteiger partial charge in [-0.3, -0.25) is 4.79 Å². The molecule has 1 rings (SSSR count). The van der Waals surface area contributed by atoms with Crippen LogP contribution in [0.5, 0.6) is 5.75 Å². The number of primary amides is 1. The Balaban J connectivity index is 2.66. The summed E-state index contributed by atoms with van der Waals surface area (Å²) in [6.07, 6.45) is 0. The largest absolute Gasteiger partial charge is 0.497 e. The molecule has 1 atom stereocenters. The van der Waals surface area contributed by atoms with Crippen molar-refractivity contribution < 1.29 is 9.53 Å². The molecule has 1 amide bonds. The molecule has 0 saturated carbocycles. The molecular weight excluding hydrogens is 274 g/mol. The van der Waals surface area contributed by atoms with Crippen LogP contribution in [0.3, 0.4) is 0 Å². The van der Waals surface area contributed by atoms with Gasteiger partial charge in [-0.1, -0.05) is 15.9 Å². The van der Waals surface area contributed by atoms with Crippen LogP contribution in [0.1, 0.15) is 0 Å². The lowest BCUT2D eigenvalue weighted by molar-refractivity contribution is -0.118. The Hall–Kier alpha value is -1.27. The van der Waals surface area contributed by atoms with Crippen molar-refractivity contribution in [3.05, 3.63) is 22.7 Å². The number of ether oxygens (including phenoxy) is 1. The molecule has 1 aromatic carbocycles. The molecule has 1 unspecified atom stereocenters. The highest BCUT2D eigenvalue weighted by Crippen LogP contribution is 2.24. The molecule has 5 nitrogen and oxygen atoms in total. The average Bonchev–Trinajstić information content (AvgIpc) is 2.24. The third-order valence-electron chi connectivity index (χ3n) is 2.00. The molecule has 16 heavy (non-hydrogen) atoms. The monoisotopic (exact) mass is 287 g/mol. The Kier molecular flexibility index (Phi) is 4.57. The van der Waals surface area contributed by atoms with Crippen LogP contribution in [0.2, 0.25) is 0 Å². The molecule has 0 aliphatic carbocycles. The number of rotatable bonds is 5. The van der Waals surface area contributed by atoms with E-state index in [1.165, 1.54) is 0 Å². The number of hydrogen-bond donors (Lipinski definition) is 3. The van der Waals surface area contributed by atoms with Crippen LogP contribution in [-0.4, -0.2) is 25.6 Å². The zero-order chi connectivity index (χ0) is 12.1. The second-order valence-electron chi connectivity index (χ2n) is 3.27. The zero-order valence-corrected chi connectivity index (χ0v) is 10.5. The van der Waals surface area contributed by atoms with Gasteiger partial charge in [0.2, 0.25) is 5.91 Å². The van der Waals surface area contributed by atoms with Crippen molar-refractivity contribution in [1.29, 1.82) is 0 Å². The first kappa shape index (κ1) is 12.8. The van der Waals surface area contributed by atoms with Gasteiger partial charge in [0, 0.05) is 22.8 Å². The molecular formula is C10H14BrN3O2. The van der Waals surface area contributed by atoms with Crippen LogP contribution in [0.4, 0.5) is 5.69 Å². The Morgan fingerprint density at radius 1 is 1.56 bits per heavy atom. The molecule has 0 spiro atoms. The minimum atomic E-state index is -0.704. The molecule has 1 aromatic rings. The summed E-state index contributed by atoms with van der Waals surface area (Å²) in [5, 5.41) is 3.01. The predicted molar refractivity (Wildman–Crippen MR) is 66.4 cm³/mol. The second kappa shape index (κ2) is 5.72. The van der Waals surface area contributed by atoms with Gasteiger partial charge in [-0.05, 0) is 12.1 Å².